The number of Topliss-reactive ketones (excluding diaryl/α,β-unsaturated/α-hetero) is 1. The van der Waals surface area contributed by atoms with Gasteiger partial charge in [0.25, 0.3) is 5.91 Å². The number of amides is 1. The summed E-state index contributed by atoms with van der Waals surface area (Å²) in [6, 6.07) is 1.47. The van der Waals surface area contributed by atoms with Crippen molar-refractivity contribution in [1.82, 2.24) is 5.32 Å². The van der Waals surface area contributed by atoms with Crippen molar-refractivity contribution < 1.29 is 24.2 Å². The number of piperidine rings is 1. The highest BCUT2D eigenvalue weighted by atomic mass is 35.5. The fourth-order valence-corrected chi connectivity index (χ4v) is 5.45. The number of hydrogen-bond acceptors (Lipinski definition) is 7. The number of nitrogens with zero attached hydrogens (tertiary/aromatic N) is 2. The molecule has 1 fully saturated rings. The molecule has 0 aliphatic carbocycles. The third-order valence-corrected chi connectivity index (χ3v) is 7.39. The lowest BCUT2D eigenvalue weighted by Crippen LogP contribution is -2.56. The summed E-state index contributed by atoms with van der Waals surface area (Å²) in [5, 5.41) is 13.8. The predicted octanol–water partition coefficient (Wildman–Crippen LogP) is 4.23. The van der Waals surface area contributed by atoms with E-state index in [-0.39, 0.29) is 34.3 Å². The Bertz CT molecular complexity index is 987. The molecule has 2 aliphatic rings. The molecule has 33 heavy (non-hydrogen) atoms. The highest BCUT2D eigenvalue weighted by molar-refractivity contribution is 7.18. The third-order valence-electron chi connectivity index (χ3n) is 5.85. The van der Waals surface area contributed by atoms with E-state index >= 15 is 0 Å². The van der Waals surface area contributed by atoms with Crippen molar-refractivity contribution in [2.75, 3.05) is 24.6 Å². The first-order chi connectivity index (χ1) is 15.8. The number of carboxylic acids is 1. The summed E-state index contributed by atoms with van der Waals surface area (Å²) in [5.41, 5.74) is 1.64. The van der Waals surface area contributed by atoms with E-state index in [4.69, 9.17) is 16.3 Å². The standard InChI is InChI=1S/C23H30ClN3O5S/c1-4-7-17(28)14-11-19(33-20(14)23(30)31)27-9-8-15(18(12-27)32-6-3)26-22(29)16-10-13(5-2)21(24)25-16/h11,15,18H,4-10,12H2,1-3H3,(H,26,29)(H,30,31)/t15-,18+/m1/s1. The van der Waals surface area contributed by atoms with Crippen LogP contribution in [0.15, 0.2) is 21.8 Å². The van der Waals surface area contributed by atoms with Gasteiger partial charge in [0.1, 0.15) is 15.7 Å². The summed E-state index contributed by atoms with van der Waals surface area (Å²) in [6.07, 6.45) is 2.52. The van der Waals surface area contributed by atoms with Gasteiger partial charge in [-0.15, -0.1) is 11.3 Å². The summed E-state index contributed by atoms with van der Waals surface area (Å²) < 4.78 is 5.93. The van der Waals surface area contributed by atoms with Crippen LogP contribution in [0, 0.1) is 0 Å². The lowest BCUT2D eigenvalue weighted by Gasteiger charge is -2.39. The van der Waals surface area contributed by atoms with Gasteiger partial charge in [-0.25, -0.2) is 9.79 Å². The van der Waals surface area contributed by atoms with Crippen LogP contribution in [0.3, 0.4) is 0 Å². The highest BCUT2D eigenvalue weighted by Gasteiger charge is 2.34. The van der Waals surface area contributed by atoms with E-state index in [1.165, 1.54) is 0 Å². The molecular formula is C23H30ClN3O5S. The quantitative estimate of drug-likeness (QED) is 0.371. The summed E-state index contributed by atoms with van der Waals surface area (Å²) in [5.74, 6) is -1.49. The van der Waals surface area contributed by atoms with E-state index in [0.29, 0.717) is 56.2 Å². The maximum absolute atomic E-state index is 12.8. The average Bonchev–Trinajstić information content (AvgIpc) is 3.39. The van der Waals surface area contributed by atoms with Crippen LogP contribution in [0.1, 0.15) is 72.9 Å². The number of aromatic carboxylic acids is 1. The summed E-state index contributed by atoms with van der Waals surface area (Å²) in [6.45, 7) is 7.32. The second-order valence-corrected chi connectivity index (χ2v) is 9.49. The maximum atomic E-state index is 12.8. The van der Waals surface area contributed by atoms with Crippen LogP contribution in [0.4, 0.5) is 5.00 Å². The van der Waals surface area contributed by atoms with Gasteiger partial charge in [-0.05, 0) is 37.8 Å². The molecule has 1 aromatic heterocycles. The van der Waals surface area contributed by atoms with Gasteiger partial charge in [-0.1, -0.05) is 25.4 Å². The summed E-state index contributed by atoms with van der Waals surface area (Å²) in [7, 11) is 0. The molecule has 0 radical (unpaired) electrons. The Hall–Kier alpha value is -2.23. The molecule has 2 aliphatic heterocycles. The Morgan fingerprint density at radius 2 is 2.09 bits per heavy atom. The number of allylic oxidation sites excluding steroid dienone is 1. The minimum absolute atomic E-state index is 0.0715. The molecule has 3 rings (SSSR count). The van der Waals surface area contributed by atoms with Crippen LogP contribution in [0.2, 0.25) is 0 Å². The van der Waals surface area contributed by atoms with Crippen molar-refractivity contribution in [2.24, 2.45) is 4.99 Å². The number of carbonyl (C=O) groups excluding carboxylic acids is 2. The molecule has 0 saturated carbocycles. The normalized spacial score (nSPS) is 20.7. The van der Waals surface area contributed by atoms with Gasteiger partial charge >= 0.3 is 5.97 Å². The van der Waals surface area contributed by atoms with Crippen molar-refractivity contribution in [3.63, 3.8) is 0 Å². The number of aliphatic imine (C=N–C) groups is 1. The van der Waals surface area contributed by atoms with Crippen LogP contribution in [-0.4, -0.2) is 60.3 Å². The van der Waals surface area contributed by atoms with Crippen LogP contribution in [-0.2, 0) is 9.53 Å². The van der Waals surface area contributed by atoms with Crippen LogP contribution in [0.25, 0.3) is 0 Å². The number of carboxylic acid groups (broad SMARTS) is 1. The van der Waals surface area contributed by atoms with Gasteiger partial charge in [0, 0.05) is 38.1 Å². The van der Waals surface area contributed by atoms with E-state index in [1.54, 1.807) is 6.07 Å². The van der Waals surface area contributed by atoms with E-state index in [0.717, 1.165) is 28.3 Å². The minimum Gasteiger partial charge on any atom is -0.477 e. The smallest absolute Gasteiger partial charge is 0.346 e. The molecule has 8 nitrogen and oxygen atoms in total. The zero-order chi connectivity index (χ0) is 24.1. The topological polar surface area (TPSA) is 108 Å². The molecule has 3 heterocycles. The first-order valence-corrected chi connectivity index (χ1v) is 12.5. The minimum atomic E-state index is -1.09. The number of thiophene rings is 1. The van der Waals surface area contributed by atoms with Crippen LogP contribution in [0.5, 0.6) is 0 Å². The summed E-state index contributed by atoms with van der Waals surface area (Å²) in [4.78, 5) is 43.2. The zero-order valence-corrected chi connectivity index (χ0v) is 20.7. The molecule has 180 valence electrons. The molecule has 0 aromatic carbocycles. The van der Waals surface area contributed by atoms with Crippen molar-refractivity contribution in [2.45, 2.75) is 65.0 Å². The number of halogens is 1. The fourth-order valence-electron chi connectivity index (χ4n) is 4.09. The second-order valence-electron chi connectivity index (χ2n) is 8.10. The molecule has 2 N–H and O–H groups in total. The first-order valence-electron chi connectivity index (χ1n) is 11.3. The van der Waals surface area contributed by atoms with Crippen molar-refractivity contribution in [1.29, 1.82) is 0 Å². The number of ketones is 1. The Morgan fingerprint density at radius 3 is 2.70 bits per heavy atom. The number of ether oxygens (including phenoxy) is 1. The highest BCUT2D eigenvalue weighted by Crippen LogP contribution is 2.34. The van der Waals surface area contributed by atoms with Gasteiger partial charge in [-0.3, -0.25) is 9.59 Å². The van der Waals surface area contributed by atoms with E-state index < -0.39 is 5.97 Å². The molecule has 2 atom stereocenters. The van der Waals surface area contributed by atoms with Gasteiger partial charge in [0.15, 0.2) is 5.78 Å². The van der Waals surface area contributed by atoms with E-state index in [1.807, 2.05) is 25.7 Å². The zero-order valence-electron chi connectivity index (χ0n) is 19.1. The summed E-state index contributed by atoms with van der Waals surface area (Å²) >= 11 is 7.23. The fraction of sp³-hybridized carbons (Fsp3) is 0.565. The Balaban J connectivity index is 1.72. The Labute approximate surface area is 202 Å². The SMILES string of the molecule is CCCC(=O)c1cc(N2CC[C@@H](NC(=O)C3=NC(Cl)=C(CC)C3)[C@@H](OCC)C2)sc1C(=O)O. The third kappa shape index (κ3) is 5.83. The maximum Gasteiger partial charge on any atom is 0.346 e. The van der Waals surface area contributed by atoms with E-state index in [2.05, 4.69) is 10.3 Å². The average molecular weight is 496 g/mol. The van der Waals surface area contributed by atoms with Crippen LogP contribution < -0.4 is 10.2 Å². The van der Waals surface area contributed by atoms with Gasteiger partial charge < -0.3 is 20.1 Å². The molecule has 1 aromatic rings. The monoisotopic (exact) mass is 495 g/mol. The second kappa shape index (κ2) is 11.3. The van der Waals surface area contributed by atoms with Crippen LogP contribution >= 0.6 is 22.9 Å². The molecule has 1 amide bonds. The number of rotatable bonds is 10. The molecule has 0 spiro atoms. The lowest BCUT2D eigenvalue weighted by atomic mass is 10.0. The van der Waals surface area contributed by atoms with Gasteiger partial charge in [-0.2, -0.15) is 0 Å². The molecular weight excluding hydrogens is 466 g/mol. The van der Waals surface area contributed by atoms with Gasteiger partial charge in [0.05, 0.1) is 17.1 Å². The molecule has 1 saturated heterocycles. The number of hydrogen-bond donors (Lipinski definition) is 2. The molecule has 0 bridgehead atoms. The van der Waals surface area contributed by atoms with Crippen molar-refractivity contribution in [3.8, 4) is 0 Å². The molecule has 0 unspecified atom stereocenters. The predicted molar refractivity (Wildman–Crippen MR) is 130 cm³/mol. The Kier molecular flexibility index (Phi) is 8.67. The van der Waals surface area contributed by atoms with E-state index in [9.17, 15) is 19.5 Å². The number of carbonyl (C=O) groups is 3. The van der Waals surface area contributed by atoms with Crippen molar-refractivity contribution >= 4 is 51.3 Å². The lowest BCUT2D eigenvalue weighted by molar-refractivity contribution is -0.117. The molecule has 10 heteroatoms. The Morgan fingerprint density at radius 1 is 1.33 bits per heavy atom. The van der Waals surface area contributed by atoms with Crippen molar-refractivity contribution in [3.05, 3.63) is 27.2 Å². The first kappa shape index (κ1) is 25.4. The van der Waals surface area contributed by atoms with Gasteiger partial charge in [0.2, 0.25) is 0 Å². The number of anilines is 1. The largest absolute Gasteiger partial charge is 0.477 e. The number of nitrogens with one attached hydrogen (secondary N) is 1.